The first-order valence-electron chi connectivity index (χ1n) is 6.86. The van der Waals surface area contributed by atoms with Crippen molar-refractivity contribution in [1.82, 2.24) is 9.78 Å². The molecule has 0 fully saturated rings. The third-order valence-corrected chi connectivity index (χ3v) is 5.01. The number of aromatic nitrogens is 2. The lowest BCUT2D eigenvalue weighted by atomic mass is 10.1. The van der Waals surface area contributed by atoms with Gasteiger partial charge >= 0.3 is 0 Å². The first kappa shape index (κ1) is 14.8. The molecule has 1 heterocycles. The largest absolute Gasteiger partial charge is 0.360 e. The van der Waals surface area contributed by atoms with Crippen LogP contribution >= 0.6 is 0 Å². The fourth-order valence-electron chi connectivity index (χ4n) is 2.11. The monoisotopic (exact) mass is 287 g/mol. The summed E-state index contributed by atoms with van der Waals surface area (Å²) in [5.41, 5.74) is 2.52. The predicted octanol–water partition coefficient (Wildman–Crippen LogP) is 3.53. The van der Waals surface area contributed by atoms with E-state index in [1.54, 1.807) is 4.68 Å². The third kappa shape index (κ3) is 3.27. The minimum Gasteiger partial charge on any atom is -0.360 e. The van der Waals surface area contributed by atoms with Gasteiger partial charge < -0.3 is 4.74 Å². The molecule has 2 aromatic rings. The average Bonchev–Trinajstić information content (AvgIpc) is 2.73. The van der Waals surface area contributed by atoms with Gasteiger partial charge in [-0.25, -0.2) is 4.68 Å². The van der Waals surface area contributed by atoms with Crippen LogP contribution < -0.4 is 0 Å². The van der Waals surface area contributed by atoms with Gasteiger partial charge in [-0.05, 0) is 24.6 Å². The van der Waals surface area contributed by atoms with Crippen LogP contribution in [0.3, 0.4) is 0 Å². The molecule has 4 nitrogen and oxygen atoms in total. The molecule has 0 atom stereocenters. The Bertz CT molecular complexity index is 649. The van der Waals surface area contributed by atoms with E-state index in [1.165, 1.54) is 0 Å². The second-order valence-corrected chi connectivity index (χ2v) is 11.9. The quantitative estimate of drug-likeness (QED) is 0.624. The van der Waals surface area contributed by atoms with Crippen molar-refractivity contribution in [3.8, 4) is 6.07 Å². The van der Waals surface area contributed by atoms with Crippen LogP contribution in [-0.2, 0) is 11.5 Å². The topological polar surface area (TPSA) is 50.8 Å². The van der Waals surface area contributed by atoms with Gasteiger partial charge in [-0.15, -0.1) is 0 Å². The molecular weight excluding hydrogens is 266 g/mol. The Morgan fingerprint density at radius 2 is 2.10 bits per heavy atom. The van der Waals surface area contributed by atoms with E-state index in [0.29, 0.717) is 12.4 Å². The maximum absolute atomic E-state index is 9.19. The van der Waals surface area contributed by atoms with Crippen LogP contribution in [-0.4, -0.2) is 24.5 Å². The normalized spacial score (nSPS) is 11.8. The number of nitrogens with zero attached hydrogens (tertiary/aromatic N) is 3. The molecule has 0 bridgehead atoms. The zero-order valence-electron chi connectivity index (χ0n) is 12.6. The molecule has 1 aromatic carbocycles. The van der Waals surface area contributed by atoms with Crippen molar-refractivity contribution in [2.24, 2.45) is 0 Å². The van der Waals surface area contributed by atoms with Crippen molar-refractivity contribution in [2.75, 3.05) is 6.61 Å². The number of fused-ring (bicyclic) bond motifs is 1. The van der Waals surface area contributed by atoms with E-state index in [4.69, 9.17) is 4.74 Å². The van der Waals surface area contributed by atoms with Gasteiger partial charge in [-0.1, -0.05) is 31.8 Å². The van der Waals surface area contributed by atoms with Crippen LogP contribution in [0, 0.1) is 18.3 Å². The van der Waals surface area contributed by atoms with E-state index >= 15 is 0 Å². The van der Waals surface area contributed by atoms with Crippen LogP contribution in [0.1, 0.15) is 11.3 Å². The first-order chi connectivity index (χ1) is 9.42. The van der Waals surface area contributed by atoms with Gasteiger partial charge in [0.2, 0.25) is 0 Å². The van der Waals surface area contributed by atoms with E-state index in [-0.39, 0.29) is 0 Å². The summed E-state index contributed by atoms with van der Waals surface area (Å²) in [6, 6.07) is 9.27. The summed E-state index contributed by atoms with van der Waals surface area (Å²) in [6.07, 6.45) is 0. The summed E-state index contributed by atoms with van der Waals surface area (Å²) in [5.74, 6) is 0. The molecule has 0 saturated carbocycles. The number of hydrogen-bond acceptors (Lipinski definition) is 3. The highest BCUT2D eigenvalue weighted by molar-refractivity contribution is 6.76. The van der Waals surface area contributed by atoms with Crippen molar-refractivity contribution < 1.29 is 4.74 Å². The molecule has 0 unspecified atom stereocenters. The molecule has 0 saturated heterocycles. The number of nitriles is 1. The lowest BCUT2D eigenvalue weighted by molar-refractivity contribution is 0.0816. The molecule has 0 aliphatic heterocycles. The summed E-state index contributed by atoms with van der Waals surface area (Å²) in [5, 5.41) is 14.5. The average molecular weight is 287 g/mol. The van der Waals surface area contributed by atoms with Gasteiger partial charge in [0.1, 0.15) is 12.8 Å². The standard InChI is InChI=1S/C15H21N3OSi/c1-12-6-5-7-14-15(12)13(10-16)17-18(14)11-19-8-9-20(2,3)4/h5-7H,8-9,11H2,1-4H3. The van der Waals surface area contributed by atoms with Gasteiger partial charge in [0.15, 0.2) is 5.69 Å². The molecule has 20 heavy (non-hydrogen) atoms. The van der Waals surface area contributed by atoms with E-state index < -0.39 is 8.07 Å². The van der Waals surface area contributed by atoms with Crippen LogP contribution in [0.2, 0.25) is 25.7 Å². The summed E-state index contributed by atoms with van der Waals surface area (Å²) in [7, 11) is -1.07. The first-order valence-corrected chi connectivity index (χ1v) is 10.6. The Morgan fingerprint density at radius 1 is 1.35 bits per heavy atom. The van der Waals surface area contributed by atoms with E-state index in [0.717, 1.165) is 29.1 Å². The van der Waals surface area contributed by atoms with Crippen LogP contribution in [0.4, 0.5) is 0 Å². The maximum Gasteiger partial charge on any atom is 0.170 e. The number of ether oxygens (including phenoxy) is 1. The van der Waals surface area contributed by atoms with Gasteiger partial charge in [-0.3, -0.25) is 0 Å². The second-order valence-electron chi connectivity index (χ2n) is 6.28. The number of aryl methyl sites for hydroxylation is 1. The minimum atomic E-state index is -1.07. The molecule has 5 heteroatoms. The fraction of sp³-hybridized carbons (Fsp3) is 0.467. The highest BCUT2D eigenvalue weighted by atomic mass is 28.3. The molecular formula is C15H21N3OSi. The van der Waals surface area contributed by atoms with Gasteiger partial charge in [0.05, 0.1) is 5.52 Å². The van der Waals surface area contributed by atoms with Crippen LogP contribution in [0.5, 0.6) is 0 Å². The van der Waals surface area contributed by atoms with Gasteiger partial charge in [0, 0.05) is 20.1 Å². The Kier molecular flexibility index (Phi) is 4.26. The van der Waals surface area contributed by atoms with Crippen molar-refractivity contribution in [2.45, 2.75) is 39.3 Å². The van der Waals surface area contributed by atoms with Crippen LogP contribution in [0.15, 0.2) is 18.2 Å². The lowest BCUT2D eigenvalue weighted by Gasteiger charge is -2.15. The summed E-state index contributed by atoms with van der Waals surface area (Å²) < 4.78 is 7.51. The highest BCUT2D eigenvalue weighted by Crippen LogP contribution is 2.22. The van der Waals surface area contributed by atoms with Crippen molar-refractivity contribution in [3.05, 3.63) is 29.5 Å². The Labute approximate surface area is 121 Å². The van der Waals surface area contributed by atoms with Crippen LogP contribution in [0.25, 0.3) is 10.9 Å². The van der Waals surface area contributed by atoms with Crippen molar-refractivity contribution in [3.63, 3.8) is 0 Å². The lowest BCUT2D eigenvalue weighted by Crippen LogP contribution is -2.22. The number of benzene rings is 1. The molecule has 0 radical (unpaired) electrons. The van der Waals surface area contributed by atoms with Crippen molar-refractivity contribution >= 4 is 19.0 Å². The Balaban J connectivity index is 2.15. The third-order valence-electron chi connectivity index (χ3n) is 3.30. The fourth-order valence-corrected chi connectivity index (χ4v) is 2.86. The summed E-state index contributed by atoms with van der Waals surface area (Å²) >= 11 is 0. The maximum atomic E-state index is 9.19. The minimum absolute atomic E-state index is 0.409. The predicted molar refractivity (Wildman–Crippen MR) is 83.3 cm³/mol. The van der Waals surface area contributed by atoms with E-state index in [2.05, 4.69) is 30.8 Å². The zero-order valence-corrected chi connectivity index (χ0v) is 13.6. The SMILES string of the molecule is Cc1cccc2c1c(C#N)nn2COCC[Si](C)(C)C. The summed E-state index contributed by atoms with van der Waals surface area (Å²) in [4.78, 5) is 0. The second kappa shape index (κ2) is 5.78. The molecule has 0 spiro atoms. The summed E-state index contributed by atoms with van der Waals surface area (Å²) in [6.45, 7) is 10.2. The Hall–Kier alpha value is -1.64. The molecule has 106 valence electrons. The Morgan fingerprint density at radius 3 is 2.75 bits per heavy atom. The van der Waals surface area contributed by atoms with Gasteiger partial charge in [-0.2, -0.15) is 10.4 Å². The molecule has 0 N–H and O–H groups in total. The number of rotatable bonds is 5. The van der Waals surface area contributed by atoms with E-state index in [9.17, 15) is 5.26 Å². The molecule has 0 aliphatic carbocycles. The molecule has 0 aliphatic rings. The smallest absolute Gasteiger partial charge is 0.170 e. The number of hydrogen-bond donors (Lipinski definition) is 0. The molecule has 1 aromatic heterocycles. The van der Waals surface area contributed by atoms with E-state index in [1.807, 2.05) is 25.1 Å². The van der Waals surface area contributed by atoms with Gasteiger partial charge in [0.25, 0.3) is 0 Å². The molecule has 2 rings (SSSR count). The molecule has 0 amide bonds. The van der Waals surface area contributed by atoms with Crippen molar-refractivity contribution in [1.29, 1.82) is 5.26 Å². The highest BCUT2D eigenvalue weighted by Gasteiger charge is 2.14. The zero-order chi connectivity index (χ0) is 14.8.